The molecule has 1 amide bonds. The fourth-order valence-electron chi connectivity index (χ4n) is 3.82. The van der Waals surface area contributed by atoms with Gasteiger partial charge in [-0.3, -0.25) is 4.68 Å². The number of aryl methyl sites for hydroxylation is 1. The van der Waals surface area contributed by atoms with Crippen molar-refractivity contribution in [3.63, 3.8) is 0 Å². The van der Waals surface area contributed by atoms with E-state index < -0.39 is 5.97 Å². The number of carbonyl (C=O) groups is 2. The quantitative estimate of drug-likeness (QED) is 0.571. The molecular formula is C23H27ClN4O4. The minimum atomic E-state index is -0.446. The summed E-state index contributed by atoms with van der Waals surface area (Å²) in [6.45, 7) is 2.77. The first-order valence-electron chi connectivity index (χ1n) is 10.4. The summed E-state index contributed by atoms with van der Waals surface area (Å²) in [5.41, 5.74) is 2.17. The van der Waals surface area contributed by atoms with E-state index in [1.165, 1.54) is 7.11 Å². The number of fused-ring (bicyclic) bond motifs is 1. The summed E-state index contributed by atoms with van der Waals surface area (Å²) in [4.78, 5) is 26.3. The first-order valence-corrected chi connectivity index (χ1v) is 10.4. The predicted octanol–water partition coefficient (Wildman–Crippen LogP) is 3.25. The molecule has 170 valence electrons. The zero-order chi connectivity index (χ0) is 21.6. The number of piperazine rings is 1. The van der Waals surface area contributed by atoms with Crippen molar-refractivity contribution in [1.82, 2.24) is 20.0 Å². The van der Waals surface area contributed by atoms with Gasteiger partial charge in [-0.15, -0.1) is 12.4 Å². The first kappa shape index (κ1) is 23.6. The topological polar surface area (TPSA) is 85.7 Å². The highest BCUT2D eigenvalue weighted by atomic mass is 35.5. The summed E-state index contributed by atoms with van der Waals surface area (Å²) < 4.78 is 12.2. The standard InChI is InChI=1S/C23H26N4O4.ClH/c1-30-22(28)21-19-9-5-6-10-20(19)27(25-21)13-11-18-15-26(14-12-24-18)23(29)31-16-17-7-3-2-4-8-17;/h2-10,18,24H,11-16H2,1H3;1H/t18-;/m1./s1. The van der Waals surface area contributed by atoms with Crippen LogP contribution in [-0.4, -0.2) is 59.5 Å². The molecule has 32 heavy (non-hydrogen) atoms. The largest absolute Gasteiger partial charge is 0.464 e. The second-order valence-electron chi connectivity index (χ2n) is 7.51. The molecule has 0 saturated carbocycles. The highest BCUT2D eigenvalue weighted by Gasteiger charge is 2.25. The molecular weight excluding hydrogens is 432 g/mol. The number of para-hydroxylation sites is 1. The van der Waals surface area contributed by atoms with E-state index in [4.69, 9.17) is 9.47 Å². The highest BCUT2D eigenvalue weighted by molar-refractivity contribution is 6.02. The van der Waals surface area contributed by atoms with Gasteiger partial charge in [-0.25, -0.2) is 9.59 Å². The van der Waals surface area contributed by atoms with Crippen molar-refractivity contribution in [3.05, 3.63) is 65.9 Å². The number of esters is 1. The molecule has 0 spiro atoms. The summed E-state index contributed by atoms with van der Waals surface area (Å²) in [5, 5.41) is 8.70. The number of methoxy groups -OCH3 is 1. The van der Waals surface area contributed by atoms with Crippen LogP contribution in [0.5, 0.6) is 0 Å². The van der Waals surface area contributed by atoms with Gasteiger partial charge in [0, 0.05) is 37.6 Å². The molecule has 4 rings (SSSR count). The lowest BCUT2D eigenvalue weighted by atomic mass is 10.1. The average molecular weight is 459 g/mol. The smallest absolute Gasteiger partial charge is 0.410 e. The third-order valence-corrected chi connectivity index (χ3v) is 5.44. The number of amides is 1. The molecule has 1 fully saturated rings. The van der Waals surface area contributed by atoms with Crippen LogP contribution in [0.15, 0.2) is 54.6 Å². The number of hydrogen-bond acceptors (Lipinski definition) is 6. The molecule has 1 aliphatic heterocycles. The van der Waals surface area contributed by atoms with Crippen molar-refractivity contribution < 1.29 is 19.1 Å². The van der Waals surface area contributed by atoms with E-state index in [0.29, 0.717) is 31.9 Å². The van der Waals surface area contributed by atoms with E-state index >= 15 is 0 Å². The number of halogens is 1. The van der Waals surface area contributed by atoms with Crippen LogP contribution in [0.2, 0.25) is 0 Å². The molecule has 9 heteroatoms. The molecule has 1 atom stereocenters. The zero-order valence-corrected chi connectivity index (χ0v) is 18.7. The number of ether oxygens (including phenoxy) is 2. The van der Waals surface area contributed by atoms with E-state index in [2.05, 4.69) is 10.4 Å². The van der Waals surface area contributed by atoms with Crippen LogP contribution < -0.4 is 5.32 Å². The number of benzene rings is 2. The third-order valence-electron chi connectivity index (χ3n) is 5.44. The van der Waals surface area contributed by atoms with E-state index in [9.17, 15) is 9.59 Å². The summed E-state index contributed by atoms with van der Waals surface area (Å²) in [7, 11) is 1.35. The average Bonchev–Trinajstić information content (AvgIpc) is 3.20. The van der Waals surface area contributed by atoms with Gasteiger partial charge in [0.25, 0.3) is 0 Å². The summed E-state index contributed by atoms with van der Waals surface area (Å²) >= 11 is 0. The third kappa shape index (κ3) is 5.38. The van der Waals surface area contributed by atoms with Crippen molar-refractivity contribution in [2.45, 2.75) is 25.6 Å². The molecule has 1 aliphatic rings. The molecule has 2 aromatic carbocycles. The van der Waals surface area contributed by atoms with Crippen LogP contribution in [-0.2, 0) is 22.6 Å². The maximum absolute atomic E-state index is 12.5. The summed E-state index contributed by atoms with van der Waals surface area (Å²) in [6.07, 6.45) is 0.460. The second-order valence-corrected chi connectivity index (χ2v) is 7.51. The van der Waals surface area contributed by atoms with E-state index in [0.717, 1.165) is 22.9 Å². The van der Waals surface area contributed by atoms with Gasteiger partial charge < -0.3 is 19.7 Å². The molecule has 0 aliphatic carbocycles. The predicted molar refractivity (Wildman–Crippen MR) is 123 cm³/mol. The SMILES string of the molecule is COC(=O)c1nn(CC[C@@H]2CN(C(=O)OCc3ccccc3)CCN2)c2ccccc12.Cl. The Labute approximate surface area is 192 Å². The van der Waals surface area contributed by atoms with Crippen molar-refractivity contribution in [1.29, 1.82) is 0 Å². The highest BCUT2D eigenvalue weighted by Crippen LogP contribution is 2.20. The molecule has 2 heterocycles. The normalized spacial score (nSPS) is 15.8. The Kier molecular flexibility index (Phi) is 8.08. The number of rotatable bonds is 6. The van der Waals surface area contributed by atoms with Crippen LogP contribution in [0, 0.1) is 0 Å². The molecule has 3 aromatic rings. The molecule has 0 radical (unpaired) electrons. The molecule has 1 aromatic heterocycles. The monoisotopic (exact) mass is 458 g/mol. The number of nitrogens with one attached hydrogen (secondary N) is 1. The van der Waals surface area contributed by atoms with Crippen molar-refractivity contribution in [2.75, 3.05) is 26.7 Å². The molecule has 0 unspecified atom stereocenters. The minimum absolute atomic E-state index is 0. The van der Waals surface area contributed by atoms with Crippen molar-refractivity contribution in [2.24, 2.45) is 0 Å². The van der Waals surface area contributed by atoms with Gasteiger partial charge in [0.1, 0.15) is 6.61 Å². The summed E-state index contributed by atoms with van der Waals surface area (Å²) in [5.74, 6) is -0.446. The Morgan fingerprint density at radius 3 is 2.66 bits per heavy atom. The van der Waals surface area contributed by atoms with Crippen LogP contribution in [0.1, 0.15) is 22.5 Å². The van der Waals surface area contributed by atoms with Crippen LogP contribution >= 0.6 is 12.4 Å². The number of aromatic nitrogens is 2. The van der Waals surface area contributed by atoms with Gasteiger partial charge in [0.15, 0.2) is 5.69 Å². The van der Waals surface area contributed by atoms with Gasteiger partial charge in [-0.05, 0) is 18.1 Å². The Balaban J connectivity index is 0.00000289. The number of carbonyl (C=O) groups excluding carboxylic acids is 2. The lowest BCUT2D eigenvalue weighted by Crippen LogP contribution is -2.53. The first-order chi connectivity index (χ1) is 15.2. The molecule has 1 N–H and O–H groups in total. The van der Waals surface area contributed by atoms with E-state index in [1.807, 2.05) is 59.3 Å². The van der Waals surface area contributed by atoms with Gasteiger partial charge in [0.2, 0.25) is 0 Å². The Hall–Kier alpha value is -3.10. The molecule has 1 saturated heterocycles. The van der Waals surface area contributed by atoms with E-state index in [-0.39, 0.29) is 31.1 Å². The van der Waals surface area contributed by atoms with Crippen molar-refractivity contribution in [3.8, 4) is 0 Å². The zero-order valence-electron chi connectivity index (χ0n) is 17.9. The summed E-state index contributed by atoms with van der Waals surface area (Å²) in [6, 6.07) is 17.4. The van der Waals surface area contributed by atoms with Gasteiger partial charge in [0.05, 0.1) is 12.6 Å². The van der Waals surface area contributed by atoms with E-state index in [1.54, 1.807) is 4.90 Å². The van der Waals surface area contributed by atoms with Gasteiger partial charge in [-0.1, -0.05) is 48.5 Å². The number of hydrogen-bond donors (Lipinski definition) is 1. The van der Waals surface area contributed by atoms with Crippen LogP contribution in [0.3, 0.4) is 0 Å². The lowest BCUT2D eigenvalue weighted by Gasteiger charge is -2.33. The lowest BCUT2D eigenvalue weighted by molar-refractivity contribution is 0.0594. The second kappa shape index (κ2) is 11.0. The maximum atomic E-state index is 12.5. The fourth-order valence-corrected chi connectivity index (χ4v) is 3.82. The van der Waals surface area contributed by atoms with Gasteiger partial charge >= 0.3 is 12.1 Å². The van der Waals surface area contributed by atoms with Crippen LogP contribution in [0.4, 0.5) is 4.79 Å². The van der Waals surface area contributed by atoms with Crippen LogP contribution in [0.25, 0.3) is 10.9 Å². The Morgan fingerprint density at radius 2 is 1.88 bits per heavy atom. The fraction of sp³-hybridized carbons (Fsp3) is 0.348. The maximum Gasteiger partial charge on any atom is 0.410 e. The molecule has 0 bridgehead atoms. The Bertz CT molecular complexity index is 1060. The molecule has 8 nitrogen and oxygen atoms in total. The number of nitrogens with zero attached hydrogens (tertiary/aromatic N) is 3. The van der Waals surface area contributed by atoms with Gasteiger partial charge in [-0.2, -0.15) is 5.10 Å². The minimum Gasteiger partial charge on any atom is -0.464 e. The van der Waals surface area contributed by atoms with Crippen molar-refractivity contribution >= 4 is 35.4 Å². The Morgan fingerprint density at radius 1 is 1.12 bits per heavy atom.